The monoisotopic (exact) mass is 362 g/mol. The fourth-order valence-electron chi connectivity index (χ4n) is 3.49. The van der Waals surface area contributed by atoms with Gasteiger partial charge in [-0.2, -0.15) is 13.2 Å². The lowest BCUT2D eigenvalue weighted by atomic mass is 9.89. The van der Waals surface area contributed by atoms with Crippen LogP contribution in [-0.2, 0) is 17.4 Å². The summed E-state index contributed by atoms with van der Waals surface area (Å²) in [6, 6.07) is 14.7. The summed E-state index contributed by atoms with van der Waals surface area (Å²) in [5.74, 6) is 0.299. The summed E-state index contributed by atoms with van der Waals surface area (Å²) in [4.78, 5) is 14.4. The molecule has 0 aliphatic carbocycles. The summed E-state index contributed by atoms with van der Waals surface area (Å²) < 4.78 is 37.9. The van der Waals surface area contributed by atoms with Crippen LogP contribution in [0.3, 0.4) is 0 Å². The third-order valence-electron chi connectivity index (χ3n) is 4.96. The van der Waals surface area contributed by atoms with Crippen molar-refractivity contribution in [3.05, 3.63) is 71.3 Å². The summed E-state index contributed by atoms with van der Waals surface area (Å²) >= 11 is 0. The molecule has 1 heterocycles. The smallest absolute Gasteiger partial charge is 0.341 e. The van der Waals surface area contributed by atoms with Crippen LogP contribution in [0.15, 0.2) is 54.6 Å². The molecule has 2 aromatic carbocycles. The Bertz CT molecular complexity index is 744. The number of benzene rings is 2. The molecule has 2 N–H and O–H groups in total. The highest BCUT2D eigenvalue weighted by Crippen LogP contribution is 2.33. The van der Waals surface area contributed by atoms with Crippen molar-refractivity contribution >= 4 is 5.91 Å². The number of carbonyl (C=O) groups excluding carboxylic acids is 1. The predicted molar refractivity (Wildman–Crippen MR) is 93.5 cm³/mol. The Balaban J connectivity index is 1.67. The van der Waals surface area contributed by atoms with Crippen molar-refractivity contribution in [3.63, 3.8) is 0 Å². The number of nitrogens with two attached hydrogens (primary N) is 1. The normalized spacial score (nSPS) is 20.4. The van der Waals surface area contributed by atoms with Gasteiger partial charge in [0.2, 0.25) is 5.91 Å². The Morgan fingerprint density at radius 1 is 1.04 bits per heavy atom. The quantitative estimate of drug-likeness (QED) is 0.906. The standard InChI is InChI=1S/C20H21F3N2O/c21-20(22,23)17-8-6-14(7-9-17)10-19(26)25-12-16(11-24)18(13-25)15-4-2-1-3-5-15/h1-9,16,18H,10-13,24H2/t16-,18+/m1/s1. The molecule has 2 atom stereocenters. The lowest BCUT2D eigenvalue weighted by Gasteiger charge is -2.17. The van der Waals surface area contributed by atoms with Gasteiger partial charge in [-0.15, -0.1) is 0 Å². The maximum atomic E-state index is 12.6. The van der Waals surface area contributed by atoms with Gasteiger partial charge in [-0.25, -0.2) is 0 Å². The van der Waals surface area contributed by atoms with E-state index in [4.69, 9.17) is 5.73 Å². The van der Waals surface area contributed by atoms with Crippen molar-refractivity contribution < 1.29 is 18.0 Å². The fourth-order valence-corrected chi connectivity index (χ4v) is 3.49. The number of carbonyl (C=O) groups is 1. The first kappa shape index (κ1) is 18.5. The van der Waals surface area contributed by atoms with Crippen molar-refractivity contribution in [2.75, 3.05) is 19.6 Å². The maximum absolute atomic E-state index is 12.6. The van der Waals surface area contributed by atoms with Gasteiger partial charge in [-0.1, -0.05) is 42.5 Å². The minimum Gasteiger partial charge on any atom is -0.341 e. The summed E-state index contributed by atoms with van der Waals surface area (Å²) in [6.45, 7) is 1.66. The molecule has 0 saturated carbocycles. The van der Waals surface area contributed by atoms with Crippen molar-refractivity contribution in [2.45, 2.75) is 18.5 Å². The highest BCUT2D eigenvalue weighted by Gasteiger charge is 2.35. The van der Waals surface area contributed by atoms with E-state index in [1.165, 1.54) is 12.1 Å². The molecule has 138 valence electrons. The summed E-state index contributed by atoms with van der Waals surface area (Å²) in [6.07, 6.45) is -4.27. The van der Waals surface area contributed by atoms with Crippen LogP contribution in [0, 0.1) is 5.92 Å². The van der Waals surface area contributed by atoms with Gasteiger partial charge in [0.25, 0.3) is 0 Å². The molecule has 0 aromatic heterocycles. The van der Waals surface area contributed by atoms with Crippen molar-refractivity contribution in [1.82, 2.24) is 4.90 Å². The second-order valence-corrected chi connectivity index (χ2v) is 6.68. The SMILES string of the molecule is NC[C@@H]1CN(C(=O)Cc2ccc(C(F)(F)F)cc2)C[C@H]1c1ccccc1. The first-order chi connectivity index (χ1) is 12.4. The third kappa shape index (κ3) is 4.07. The maximum Gasteiger partial charge on any atom is 0.416 e. The molecule has 0 radical (unpaired) electrons. The largest absolute Gasteiger partial charge is 0.416 e. The lowest BCUT2D eigenvalue weighted by molar-refractivity contribution is -0.137. The second-order valence-electron chi connectivity index (χ2n) is 6.68. The fraction of sp³-hybridized carbons (Fsp3) is 0.350. The Kier molecular flexibility index (Phi) is 5.32. The first-order valence-corrected chi connectivity index (χ1v) is 8.57. The Labute approximate surface area is 150 Å². The molecule has 26 heavy (non-hydrogen) atoms. The van der Waals surface area contributed by atoms with Gasteiger partial charge in [0.15, 0.2) is 0 Å². The summed E-state index contributed by atoms with van der Waals surface area (Å²) in [5.41, 5.74) is 6.92. The minimum absolute atomic E-state index is 0.0818. The van der Waals surface area contributed by atoms with Gasteiger partial charge in [0.05, 0.1) is 12.0 Å². The van der Waals surface area contributed by atoms with E-state index in [2.05, 4.69) is 0 Å². The van der Waals surface area contributed by atoms with Crippen LogP contribution in [0.1, 0.15) is 22.6 Å². The molecule has 0 unspecified atom stereocenters. The number of likely N-dealkylation sites (tertiary alicyclic amines) is 1. The molecule has 2 aromatic rings. The van der Waals surface area contributed by atoms with Crippen LogP contribution in [-0.4, -0.2) is 30.4 Å². The van der Waals surface area contributed by atoms with Crippen LogP contribution < -0.4 is 5.73 Å². The molecule has 1 amide bonds. The average Bonchev–Trinajstić information content (AvgIpc) is 3.07. The van der Waals surface area contributed by atoms with Crippen LogP contribution in [0.2, 0.25) is 0 Å². The van der Waals surface area contributed by atoms with Gasteiger partial charge >= 0.3 is 6.18 Å². The van der Waals surface area contributed by atoms with E-state index >= 15 is 0 Å². The van der Waals surface area contributed by atoms with E-state index in [1.807, 2.05) is 30.3 Å². The Hall–Kier alpha value is -2.34. The molecular formula is C20H21F3N2O. The zero-order valence-corrected chi connectivity index (χ0v) is 14.2. The van der Waals surface area contributed by atoms with Crippen molar-refractivity contribution in [3.8, 4) is 0 Å². The molecule has 1 saturated heterocycles. The van der Waals surface area contributed by atoms with E-state index in [1.54, 1.807) is 4.90 Å². The van der Waals surface area contributed by atoms with Gasteiger partial charge in [-0.05, 0) is 35.7 Å². The molecule has 0 bridgehead atoms. The van der Waals surface area contributed by atoms with Gasteiger partial charge < -0.3 is 10.6 Å². The zero-order valence-electron chi connectivity index (χ0n) is 14.2. The third-order valence-corrected chi connectivity index (χ3v) is 4.96. The van der Waals surface area contributed by atoms with Gasteiger partial charge in [0, 0.05) is 19.0 Å². The first-order valence-electron chi connectivity index (χ1n) is 8.57. The summed E-state index contributed by atoms with van der Waals surface area (Å²) in [7, 11) is 0. The van der Waals surface area contributed by atoms with Crippen LogP contribution in [0.5, 0.6) is 0 Å². The van der Waals surface area contributed by atoms with Crippen molar-refractivity contribution in [1.29, 1.82) is 0 Å². The van der Waals surface area contributed by atoms with E-state index < -0.39 is 11.7 Å². The predicted octanol–water partition coefficient (Wildman–Crippen LogP) is 3.45. The van der Waals surface area contributed by atoms with Crippen LogP contribution >= 0.6 is 0 Å². The van der Waals surface area contributed by atoms with Gasteiger partial charge in [0.1, 0.15) is 0 Å². The Morgan fingerprint density at radius 3 is 2.27 bits per heavy atom. The molecular weight excluding hydrogens is 341 g/mol. The lowest BCUT2D eigenvalue weighted by Crippen LogP contribution is -2.31. The molecule has 6 heteroatoms. The Morgan fingerprint density at radius 2 is 1.69 bits per heavy atom. The van der Waals surface area contributed by atoms with Gasteiger partial charge in [-0.3, -0.25) is 4.79 Å². The molecule has 3 rings (SSSR count). The highest BCUT2D eigenvalue weighted by molar-refractivity contribution is 5.79. The summed E-state index contributed by atoms with van der Waals surface area (Å²) in [5, 5.41) is 0. The topological polar surface area (TPSA) is 46.3 Å². The van der Waals surface area contributed by atoms with E-state index in [0.29, 0.717) is 25.2 Å². The number of hydrogen-bond donors (Lipinski definition) is 1. The minimum atomic E-state index is -4.37. The molecule has 1 aliphatic heterocycles. The molecule has 0 spiro atoms. The van der Waals surface area contributed by atoms with Crippen molar-refractivity contribution in [2.24, 2.45) is 11.7 Å². The number of hydrogen-bond acceptors (Lipinski definition) is 2. The highest BCUT2D eigenvalue weighted by atomic mass is 19.4. The molecule has 3 nitrogen and oxygen atoms in total. The van der Waals surface area contributed by atoms with E-state index in [9.17, 15) is 18.0 Å². The van der Waals surface area contributed by atoms with Crippen LogP contribution in [0.25, 0.3) is 0 Å². The number of nitrogens with zero attached hydrogens (tertiary/aromatic N) is 1. The van der Waals surface area contributed by atoms with E-state index in [0.717, 1.165) is 17.7 Å². The second kappa shape index (κ2) is 7.50. The molecule has 1 aliphatic rings. The number of rotatable bonds is 4. The zero-order chi connectivity index (χ0) is 18.7. The van der Waals surface area contributed by atoms with Crippen LogP contribution in [0.4, 0.5) is 13.2 Å². The molecule has 1 fully saturated rings. The number of alkyl halides is 3. The number of amides is 1. The number of halogens is 3. The average molecular weight is 362 g/mol. The van der Waals surface area contributed by atoms with E-state index in [-0.39, 0.29) is 24.2 Å².